The minimum Gasteiger partial charge on any atom is -0.496 e. The van der Waals surface area contributed by atoms with Crippen LogP contribution in [-0.4, -0.2) is 18.7 Å². The van der Waals surface area contributed by atoms with Crippen molar-refractivity contribution >= 4 is 23.2 Å². The molecule has 84 valence electrons. The fraction of sp³-hybridized carbons (Fsp3) is 0.333. The predicted octanol–water partition coefficient (Wildman–Crippen LogP) is 2.36. The van der Waals surface area contributed by atoms with E-state index >= 15 is 0 Å². The lowest BCUT2D eigenvalue weighted by Crippen LogP contribution is -2.13. The van der Waals surface area contributed by atoms with Gasteiger partial charge in [-0.25, -0.2) is 0 Å². The third-order valence-corrected chi connectivity index (χ3v) is 3.11. The van der Waals surface area contributed by atoms with Crippen LogP contribution in [0.5, 0.6) is 5.75 Å². The highest BCUT2D eigenvalue weighted by atomic mass is 35.5. The topological polar surface area (TPSA) is 43.4 Å². The van der Waals surface area contributed by atoms with E-state index in [1.54, 1.807) is 18.2 Å². The molecule has 16 heavy (non-hydrogen) atoms. The van der Waals surface area contributed by atoms with Gasteiger partial charge in [0.15, 0.2) is 0 Å². The third kappa shape index (κ3) is 1.71. The zero-order chi connectivity index (χ0) is 11.7. The van der Waals surface area contributed by atoms with E-state index < -0.39 is 5.92 Å². The number of benzene rings is 1. The molecular weight excluding hydrogens is 228 g/mol. The van der Waals surface area contributed by atoms with Crippen LogP contribution in [0.1, 0.15) is 24.3 Å². The lowest BCUT2D eigenvalue weighted by atomic mass is 9.95. The number of hydrogen-bond acceptors (Lipinski definition) is 3. The molecular formula is C12H11ClO3. The van der Waals surface area contributed by atoms with Gasteiger partial charge in [-0.3, -0.25) is 9.59 Å². The van der Waals surface area contributed by atoms with E-state index in [0.717, 1.165) is 0 Å². The minimum absolute atomic E-state index is 0.0728. The molecule has 0 atom stereocenters. The number of Topliss-reactive ketones (excluding diaryl/α,β-unsaturated/α-hetero) is 2. The van der Waals surface area contributed by atoms with Gasteiger partial charge in [-0.1, -0.05) is 17.7 Å². The van der Waals surface area contributed by atoms with E-state index in [0.29, 0.717) is 29.2 Å². The first kappa shape index (κ1) is 11.1. The van der Waals surface area contributed by atoms with Crippen molar-refractivity contribution in [3.8, 4) is 5.75 Å². The number of halogens is 1. The first-order valence-electron chi connectivity index (χ1n) is 5.03. The van der Waals surface area contributed by atoms with Gasteiger partial charge in [0.25, 0.3) is 0 Å². The summed E-state index contributed by atoms with van der Waals surface area (Å²) in [6, 6.07) is 5.10. The minimum atomic E-state index is -0.733. The Morgan fingerprint density at radius 3 is 2.44 bits per heavy atom. The summed E-state index contributed by atoms with van der Waals surface area (Å²) in [5, 5.41) is 0.410. The van der Waals surface area contributed by atoms with E-state index in [1.165, 1.54) is 7.11 Å². The molecule has 4 heteroatoms. The molecule has 0 radical (unpaired) electrons. The highest BCUT2D eigenvalue weighted by molar-refractivity contribution is 6.32. The van der Waals surface area contributed by atoms with Crippen molar-refractivity contribution in [1.82, 2.24) is 0 Å². The number of carbonyl (C=O) groups excluding carboxylic acids is 2. The molecule has 0 spiro atoms. The van der Waals surface area contributed by atoms with Crippen molar-refractivity contribution in [3.05, 3.63) is 28.8 Å². The van der Waals surface area contributed by atoms with Gasteiger partial charge < -0.3 is 4.74 Å². The molecule has 1 aromatic carbocycles. The van der Waals surface area contributed by atoms with Crippen LogP contribution >= 0.6 is 11.6 Å². The lowest BCUT2D eigenvalue weighted by Gasteiger charge is -2.13. The second-order valence-electron chi connectivity index (χ2n) is 3.72. The van der Waals surface area contributed by atoms with E-state index in [-0.39, 0.29) is 11.6 Å². The molecule has 0 amide bonds. The number of ether oxygens (including phenoxy) is 1. The van der Waals surface area contributed by atoms with Crippen LogP contribution in [0.15, 0.2) is 18.2 Å². The highest BCUT2D eigenvalue weighted by Gasteiger charge is 2.37. The summed E-state index contributed by atoms with van der Waals surface area (Å²) in [6.07, 6.45) is 0.607. The van der Waals surface area contributed by atoms with E-state index in [2.05, 4.69) is 0 Å². The summed E-state index contributed by atoms with van der Waals surface area (Å²) in [7, 11) is 1.50. The average molecular weight is 239 g/mol. The number of hydrogen-bond donors (Lipinski definition) is 0. The summed E-state index contributed by atoms with van der Waals surface area (Å²) in [5.74, 6) is -0.377. The van der Waals surface area contributed by atoms with Crippen molar-refractivity contribution in [2.45, 2.75) is 18.8 Å². The largest absolute Gasteiger partial charge is 0.496 e. The number of carbonyl (C=O) groups is 2. The van der Waals surface area contributed by atoms with Gasteiger partial charge in [-0.05, 0) is 12.1 Å². The van der Waals surface area contributed by atoms with Crippen LogP contribution in [0, 0.1) is 0 Å². The summed E-state index contributed by atoms with van der Waals surface area (Å²) in [4.78, 5) is 23.3. The maximum atomic E-state index is 11.7. The molecule has 1 aliphatic rings. The Morgan fingerprint density at radius 1 is 1.25 bits per heavy atom. The van der Waals surface area contributed by atoms with Crippen molar-refractivity contribution < 1.29 is 14.3 Å². The lowest BCUT2D eigenvalue weighted by molar-refractivity contribution is -0.123. The second kappa shape index (κ2) is 4.26. The molecule has 0 unspecified atom stereocenters. The first-order valence-corrected chi connectivity index (χ1v) is 5.40. The predicted molar refractivity (Wildman–Crippen MR) is 60.0 cm³/mol. The van der Waals surface area contributed by atoms with Crippen molar-refractivity contribution in [1.29, 1.82) is 0 Å². The maximum absolute atomic E-state index is 11.7. The van der Waals surface area contributed by atoms with E-state index in [9.17, 15) is 9.59 Å². The number of rotatable bonds is 2. The zero-order valence-corrected chi connectivity index (χ0v) is 9.58. The highest BCUT2D eigenvalue weighted by Crippen LogP contribution is 2.38. The Morgan fingerprint density at radius 2 is 1.88 bits per heavy atom. The molecule has 0 aliphatic heterocycles. The monoisotopic (exact) mass is 238 g/mol. The van der Waals surface area contributed by atoms with Gasteiger partial charge in [0, 0.05) is 23.4 Å². The first-order chi connectivity index (χ1) is 7.65. The molecule has 0 bridgehead atoms. The van der Waals surface area contributed by atoms with Crippen LogP contribution in [0.3, 0.4) is 0 Å². The molecule has 0 heterocycles. The van der Waals surface area contributed by atoms with Crippen LogP contribution in [0.4, 0.5) is 0 Å². The van der Waals surface area contributed by atoms with Crippen molar-refractivity contribution in [3.63, 3.8) is 0 Å². The smallest absolute Gasteiger partial charge is 0.148 e. The third-order valence-electron chi connectivity index (χ3n) is 2.78. The SMILES string of the molecule is COc1cccc(Cl)c1C1C(=O)CCC1=O. The van der Waals surface area contributed by atoms with Gasteiger partial charge in [-0.2, -0.15) is 0 Å². The second-order valence-corrected chi connectivity index (χ2v) is 4.13. The molecule has 0 N–H and O–H groups in total. The Balaban J connectivity index is 2.54. The van der Waals surface area contributed by atoms with Crippen LogP contribution < -0.4 is 4.74 Å². The Labute approximate surface area is 98.4 Å². The average Bonchev–Trinajstić information content (AvgIpc) is 2.59. The zero-order valence-electron chi connectivity index (χ0n) is 8.83. The fourth-order valence-corrected chi connectivity index (χ4v) is 2.29. The van der Waals surface area contributed by atoms with Gasteiger partial charge in [-0.15, -0.1) is 0 Å². The molecule has 1 fully saturated rings. The number of ketones is 2. The maximum Gasteiger partial charge on any atom is 0.148 e. The summed E-state index contributed by atoms with van der Waals surface area (Å²) in [6.45, 7) is 0. The van der Waals surface area contributed by atoms with E-state index in [4.69, 9.17) is 16.3 Å². The van der Waals surface area contributed by atoms with Gasteiger partial charge in [0.1, 0.15) is 23.2 Å². The summed E-state index contributed by atoms with van der Waals surface area (Å²) < 4.78 is 5.15. The van der Waals surface area contributed by atoms with Crippen LogP contribution in [0.2, 0.25) is 5.02 Å². The molecule has 3 nitrogen and oxygen atoms in total. The standard InChI is InChI=1S/C12H11ClO3/c1-16-10-4-2-3-7(13)11(10)12-8(14)5-6-9(12)15/h2-4,12H,5-6H2,1H3. The normalized spacial score (nSPS) is 16.9. The summed E-state index contributed by atoms with van der Waals surface area (Å²) >= 11 is 6.03. The van der Waals surface area contributed by atoms with Gasteiger partial charge in [0.05, 0.1) is 7.11 Å². The van der Waals surface area contributed by atoms with Crippen LogP contribution in [0.25, 0.3) is 0 Å². The summed E-state index contributed by atoms with van der Waals surface area (Å²) in [5.41, 5.74) is 0.513. The van der Waals surface area contributed by atoms with Crippen molar-refractivity contribution in [2.75, 3.05) is 7.11 Å². The number of methoxy groups -OCH3 is 1. The molecule has 0 aromatic heterocycles. The van der Waals surface area contributed by atoms with Crippen LogP contribution in [-0.2, 0) is 9.59 Å². The van der Waals surface area contributed by atoms with Gasteiger partial charge >= 0.3 is 0 Å². The Hall–Kier alpha value is -1.35. The Kier molecular flexibility index (Phi) is 2.97. The van der Waals surface area contributed by atoms with Gasteiger partial charge in [0.2, 0.25) is 0 Å². The quantitative estimate of drug-likeness (QED) is 0.743. The molecule has 0 saturated heterocycles. The molecule has 1 aliphatic carbocycles. The van der Waals surface area contributed by atoms with Crippen molar-refractivity contribution in [2.24, 2.45) is 0 Å². The fourth-order valence-electron chi connectivity index (χ4n) is 2.01. The molecule has 1 aromatic rings. The molecule has 1 saturated carbocycles. The Bertz CT molecular complexity index is 438. The molecule has 2 rings (SSSR count). The van der Waals surface area contributed by atoms with E-state index in [1.807, 2.05) is 0 Å².